The van der Waals surface area contributed by atoms with Gasteiger partial charge in [0.2, 0.25) is 17.8 Å². The van der Waals surface area contributed by atoms with Crippen LogP contribution in [0.5, 0.6) is 0 Å². The molecule has 3 atom stereocenters. The van der Waals surface area contributed by atoms with E-state index in [4.69, 9.17) is 0 Å². The Labute approximate surface area is 232 Å². The highest BCUT2D eigenvalue weighted by Gasteiger charge is 2.43. The average molecular weight is 531 g/mol. The molecular weight excluding hydrogens is 488 g/mol. The van der Waals surface area contributed by atoms with Gasteiger partial charge in [0.1, 0.15) is 0 Å². The molecule has 3 aliphatic heterocycles. The first-order chi connectivity index (χ1) is 19.1. The van der Waals surface area contributed by atoms with Crippen molar-refractivity contribution in [2.45, 2.75) is 51.0 Å². The van der Waals surface area contributed by atoms with Crippen LogP contribution in [-0.4, -0.2) is 77.4 Å². The number of nitrogens with zero attached hydrogens (tertiary/aromatic N) is 5. The van der Waals surface area contributed by atoms with E-state index in [1.54, 1.807) is 12.4 Å². The Morgan fingerprint density at radius 1 is 0.846 bits per heavy atom. The Morgan fingerprint density at radius 3 is 2.18 bits per heavy atom. The molecule has 2 unspecified atom stereocenters. The van der Waals surface area contributed by atoms with Crippen molar-refractivity contribution >= 4 is 17.8 Å². The summed E-state index contributed by atoms with van der Waals surface area (Å²) in [5, 5.41) is 3.39. The fourth-order valence-electron chi connectivity index (χ4n) is 7.29. The highest BCUT2D eigenvalue weighted by molar-refractivity contribution is 5.80. The number of benzene rings is 1. The highest BCUT2D eigenvalue weighted by atomic mass is 16.2. The first-order valence-electron chi connectivity index (χ1n) is 15.0. The summed E-state index contributed by atoms with van der Waals surface area (Å²) in [6, 6.07) is 12.3. The molecule has 8 heteroatoms. The zero-order valence-corrected chi connectivity index (χ0v) is 23.0. The van der Waals surface area contributed by atoms with Crippen LogP contribution in [0.15, 0.2) is 48.8 Å². The number of hydrogen-bond acceptors (Lipinski definition) is 6. The summed E-state index contributed by atoms with van der Waals surface area (Å²) in [6.45, 7) is 6.55. The second-order valence-corrected chi connectivity index (χ2v) is 12.1. The molecule has 1 N–H and O–H groups in total. The minimum absolute atomic E-state index is 0.0602. The fourth-order valence-corrected chi connectivity index (χ4v) is 7.29. The number of aromatic nitrogens is 2. The lowest BCUT2D eigenvalue weighted by atomic mass is 9.95. The average Bonchev–Trinajstić information content (AvgIpc) is 3.74. The normalized spacial score (nSPS) is 25.1. The van der Waals surface area contributed by atoms with Crippen molar-refractivity contribution in [3.8, 4) is 0 Å². The summed E-state index contributed by atoms with van der Waals surface area (Å²) in [5.74, 6) is 2.79. The van der Waals surface area contributed by atoms with Gasteiger partial charge in [0, 0.05) is 70.0 Å². The van der Waals surface area contributed by atoms with Crippen LogP contribution in [0.3, 0.4) is 0 Å². The minimum atomic E-state index is 0.0602. The van der Waals surface area contributed by atoms with Crippen LogP contribution >= 0.6 is 0 Å². The lowest BCUT2D eigenvalue weighted by molar-refractivity contribution is -0.135. The van der Waals surface area contributed by atoms with Crippen molar-refractivity contribution in [3.05, 3.63) is 54.4 Å². The smallest absolute Gasteiger partial charge is 0.225 e. The van der Waals surface area contributed by atoms with Gasteiger partial charge in [0.25, 0.3) is 0 Å². The van der Waals surface area contributed by atoms with E-state index in [1.165, 1.54) is 18.4 Å². The van der Waals surface area contributed by atoms with Gasteiger partial charge < -0.3 is 20.0 Å². The number of nitrogens with one attached hydrogen (secondary N) is 1. The summed E-state index contributed by atoms with van der Waals surface area (Å²) in [4.78, 5) is 41.9. The third-order valence-electron chi connectivity index (χ3n) is 9.53. The number of rotatable bonds is 8. The molecule has 0 spiro atoms. The molecule has 1 saturated carbocycles. The van der Waals surface area contributed by atoms with Crippen molar-refractivity contribution in [2.75, 3.05) is 50.7 Å². The van der Waals surface area contributed by atoms with Crippen LogP contribution in [0.4, 0.5) is 5.95 Å². The van der Waals surface area contributed by atoms with Gasteiger partial charge in [-0.2, -0.15) is 0 Å². The first-order valence-corrected chi connectivity index (χ1v) is 15.0. The number of piperidine rings is 1. The molecule has 39 heavy (non-hydrogen) atoms. The Bertz CT molecular complexity index is 1090. The second-order valence-electron chi connectivity index (χ2n) is 12.1. The molecule has 0 radical (unpaired) electrons. The number of anilines is 1. The Kier molecular flexibility index (Phi) is 8.09. The third-order valence-corrected chi connectivity index (χ3v) is 9.53. The van der Waals surface area contributed by atoms with E-state index in [0.717, 1.165) is 83.9 Å². The van der Waals surface area contributed by atoms with E-state index < -0.39 is 0 Å². The standard InChI is InChI=1S/C31H42N6O2/c38-29(24-9-4-5-10-24)34-28(23-7-2-1-3-8-23)13-16-35-19-26-21-37(22-27(26)20-35)30(39)25-11-17-36(18-12-25)31-32-14-6-15-33-31/h1-3,6-8,14-15,24-28H,4-5,9-13,16-22H2,(H,34,38)/t26-,27?,28?/m0/s1. The number of hydrogen-bond donors (Lipinski definition) is 1. The van der Waals surface area contributed by atoms with Gasteiger partial charge in [-0.05, 0) is 55.6 Å². The number of carbonyl (C=O) groups is 2. The molecule has 2 amide bonds. The lowest BCUT2D eigenvalue weighted by Gasteiger charge is -2.33. The van der Waals surface area contributed by atoms with Gasteiger partial charge in [-0.25, -0.2) is 9.97 Å². The minimum Gasteiger partial charge on any atom is -0.349 e. The molecule has 4 heterocycles. The number of amides is 2. The van der Waals surface area contributed by atoms with Crippen molar-refractivity contribution in [1.82, 2.24) is 25.1 Å². The van der Waals surface area contributed by atoms with E-state index in [2.05, 4.69) is 54.2 Å². The van der Waals surface area contributed by atoms with Crippen molar-refractivity contribution in [3.63, 3.8) is 0 Å². The van der Waals surface area contributed by atoms with Crippen LogP contribution in [0.2, 0.25) is 0 Å². The molecule has 1 aliphatic carbocycles. The lowest BCUT2D eigenvalue weighted by Crippen LogP contribution is -2.43. The van der Waals surface area contributed by atoms with Crippen molar-refractivity contribution in [2.24, 2.45) is 23.7 Å². The highest BCUT2D eigenvalue weighted by Crippen LogP contribution is 2.34. The van der Waals surface area contributed by atoms with Crippen molar-refractivity contribution in [1.29, 1.82) is 0 Å². The first kappa shape index (κ1) is 26.2. The predicted molar refractivity (Wildman–Crippen MR) is 151 cm³/mol. The summed E-state index contributed by atoms with van der Waals surface area (Å²) < 4.78 is 0. The van der Waals surface area contributed by atoms with Gasteiger partial charge in [-0.3, -0.25) is 9.59 Å². The van der Waals surface area contributed by atoms with Crippen molar-refractivity contribution < 1.29 is 9.59 Å². The van der Waals surface area contributed by atoms with E-state index in [1.807, 2.05) is 12.1 Å². The fraction of sp³-hybridized carbons (Fsp3) is 0.613. The maximum Gasteiger partial charge on any atom is 0.225 e. The van der Waals surface area contributed by atoms with Gasteiger partial charge in [-0.1, -0.05) is 43.2 Å². The maximum atomic E-state index is 13.4. The molecule has 3 saturated heterocycles. The molecular formula is C31H42N6O2. The van der Waals surface area contributed by atoms with Crippen LogP contribution in [-0.2, 0) is 9.59 Å². The molecule has 0 bridgehead atoms. The van der Waals surface area contributed by atoms with Crippen LogP contribution in [0.1, 0.15) is 56.6 Å². The van der Waals surface area contributed by atoms with E-state index in [-0.39, 0.29) is 23.8 Å². The Hall–Kier alpha value is -3.00. The second kappa shape index (κ2) is 12.0. The quantitative estimate of drug-likeness (QED) is 0.563. The summed E-state index contributed by atoms with van der Waals surface area (Å²) in [7, 11) is 0. The third kappa shape index (κ3) is 6.11. The summed E-state index contributed by atoms with van der Waals surface area (Å²) in [5.41, 5.74) is 1.20. The SMILES string of the molecule is O=C(NC(CCN1CC2CN(C(=O)C3CCN(c4ncccn4)CC3)C[C@@H]2C1)c1ccccc1)C1CCCC1. The van der Waals surface area contributed by atoms with Crippen LogP contribution in [0.25, 0.3) is 0 Å². The molecule has 1 aromatic carbocycles. The summed E-state index contributed by atoms with van der Waals surface area (Å²) >= 11 is 0. The van der Waals surface area contributed by atoms with Gasteiger partial charge >= 0.3 is 0 Å². The monoisotopic (exact) mass is 530 g/mol. The van der Waals surface area contributed by atoms with E-state index >= 15 is 0 Å². The molecule has 1 aromatic heterocycles. The number of carbonyl (C=O) groups excluding carboxylic acids is 2. The maximum absolute atomic E-state index is 13.4. The zero-order chi connectivity index (χ0) is 26.6. The van der Waals surface area contributed by atoms with Crippen LogP contribution < -0.4 is 10.2 Å². The molecule has 6 rings (SSSR count). The molecule has 8 nitrogen and oxygen atoms in total. The van der Waals surface area contributed by atoms with Gasteiger partial charge in [0.05, 0.1) is 6.04 Å². The van der Waals surface area contributed by atoms with Gasteiger partial charge in [-0.15, -0.1) is 0 Å². The van der Waals surface area contributed by atoms with E-state index in [9.17, 15) is 9.59 Å². The Balaban J connectivity index is 0.975. The largest absolute Gasteiger partial charge is 0.349 e. The van der Waals surface area contributed by atoms with E-state index in [0.29, 0.717) is 17.7 Å². The topological polar surface area (TPSA) is 81.7 Å². The predicted octanol–water partition coefficient (Wildman–Crippen LogP) is 3.52. The Morgan fingerprint density at radius 2 is 1.51 bits per heavy atom. The zero-order valence-electron chi connectivity index (χ0n) is 23.0. The van der Waals surface area contributed by atoms with Gasteiger partial charge in [0.15, 0.2) is 0 Å². The molecule has 2 aromatic rings. The number of fused-ring (bicyclic) bond motifs is 1. The molecule has 4 aliphatic rings. The van der Waals surface area contributed by atoms with Crippen LogP contribution in [0, 0.1) is 23.7 Å². The summed E-state index contributed by atoms with van der Waals surface area (Å²) in [6.07, 6.45) is 10.6. The molecule has 4 fully saturated rings. The molecule has 208 valence electrons. The number of likely N-dealkylation sites (tertiary alicyclic amines) is 2.